The Kier molecular flexibility index (Phi) is 4.52. The van der Waals surface area contributed by atoms with Crippen LogP contribution in [-0.2, 0) is 4.79 Å². The lowest BCUT2D eigenvalue weighted by atomic mass is 10.4. The number of anilines is 2. The van der Waals surface area contributed by atoms with E-state index in [2.05, 4.69) is 9.97 Å². The van der Waals surface area contributed by atoms with Crippen LogP contribution in [0.3, 0.4) is 0 Å². The van der Waals surface area contributed by atoms with E-state index in [1.165, 1.54) is 17.2 Å². The van der Waals surface area contributed by atoms with E-state index in [1.54, 1.807) is 14.1 Å². The number of nitrogens with zero attached hydrogens (tertiary/aromatic N) is 4. The van der Waals surface area contributed by atoms with Gasteiger partial charge in [-0.15, -0.1) is 0 Å². The molecule has 1 heterocycles. The molecule has 0 unspecified atom stereocenters. The number of hydrogen-bond acceptors (Lipinski definition) is 5. The minimum absolute atomic E-state index is 0.0848. The molecule has 0 aromatic carbocycles. The minimum Gasteiger partial charge on any atom is -0.480 e. The second-order valence-corrected chi connectivity index (χ2v) is 3.97. The summed E-state index contributed by atoms with van der Waals surface area (Å²) < 4.78 is 37.2. The van der Waals surface area contributed by atoms with Crippen molar-refractivity contribution in [3.05, 3.63) is 12.3 Å². The zero-order valence-corrected chi connectivity index (χ0v) is 10.3. The molecule has 1 aromatic rings. The van der Waals surface area contributed by atoms with Crippen LogP contribution >= 0.6 is 0 Å². The van der Waals surface area contributed by atoms with E-state index >= 15 is 0 Å². The number of carbonyl (C=O) groups is 1. The quantitative estimate of drug-likeness (QED) is 0.866. The smallest absolute Gasteiger partial charge is 0.405 e. The summed E-state index contributed by atoms with van der Waals surface area (Å²) in [5.74, 6) is -1.25. The van der Waals surface area contributed by atoms with Crippen molar-refractivity contribution >= 4 is 17.7 Å². The topological polar surface area (TPSA) is 69.6 Å². The number of carboxylic acids is 1. The van der Waals surface area contributed by atoms with Gasteiger partial charge in [0.15, 0.2) is 0 Å². The predicted molar refractivity (Wildman–Crippen MR) is 62.3 cm³/mol. The fraction of sp³-hybridized carbons (Fsp3) is 0.500. The van der Waals surface area contributed by atoms with Gasteiger partial charge in [0.2, 0.25) is 5.95 Å². The lowest BCUT2D eigenvalue weighted by Crippen LogP contribution is -2.38. The van der Waals surface area contributed by atoms with Crippen molar-refractivity contribution in [2.75, 3.05) is 37.0 Å². The number of carboxylic acid groups (broad SMARTS) is 1. The summed E-state index contributed by atoms with van der Waals surface area (Å²) in [6.07, 6.45) is -3.23. The molecular formula is C10H13F3N4O2. The third-order valence-corrected chi connectivity index (χ3v) is 2.05. The molecule has 0 aliphatic carbocycles. The van der Waals surface area contributed by atoms with Crippen molar-refractivity contribution < 1.29 is 23.1 Å². The third-order valence-electron chi connectivity index (χ3n) is 2.05. The van der Waals surface area contributed by atoms with Gasteiger partial charge >= 0.3 is 12.1 Å². The van der Waals surface area contributed by atoms with Gasteiger partial charge in [0, 0.05) is 20.3 Å². The SMILES string of the molecule is CN(C)c1nccc(N(CC(=O)O)CC(F)(F)F)n1. The van der Waals surface area contributed by atoms with E-state index in [9.17, 15) is 18.0 Å². The Balaban J connectivity index is 3.02. The second-order valence-electron chi connectivity index (χ2n) is 3.97. The molecule has 0 aliphatic rings. The Hall–Kier alpha value is -2.06. The highest BCUT2D eigenvalue weighted by atomic mass is 19.4. The molecule has 0 radical (unpaired) electrons. The Bertz CT molecular complexity index is 451. The molecular weight excluding hydrogens is 265 g/mol. The summed E-state index contributed by atoms with van der Waals surface area (Å²) in [5.41, 5.74) is 0. The summed E-state index contributed by atoms with van der Waals surface area (Å²) in [6, 6.07) is 1.24. The molecule has 19 heavy (non-hydrogen) atoms. The van der Waals surface area contributed by atoms with Crippen molar-refractivity contribution in [2.45, 2.75) is 6.18 Å². The Morgan fingerprint density at radius 2 is 2.05 bits per heavy atom. The number of alkyl halides is 3. The molecule has 0 bridgehead atoms. The van der Waals surface area contributed by atoms with Crippen molar-refractivity contribution in [3.63, 3.8) is 0 Å². The molecule has 0 saturated heterocycles. The summed E-state index contributed by atoms with van der Waals surface area (Å²) >= 11 is 0. The van der Waals surface area contributed by atoms with Crippen LogP contribution in [0.15, 0.2) is 12.3 Å². The summed E-state index contributed by atoms with van der Waals surface area (Å²) in [6.45, 7) is -2.17. The maximum Gasteiger partial charge on any atom is 0.405 e. The van der Waals surface area contributed by atoms with Crippen LogP contribution in [0.1, 0.15) is 0 Å². The van der Waals surface area contributed by atoms with Crippen LogP contribution in [0.5, 0.6) is 0 Å². The van der Waals surface area contributed by atoms with Crippen LogP contribution in [0.2, 0.25) is 0 Å². The highest BCUT2D eigenvalue weighted by molar-refractivity contribution is 5.73. The van der Waals surface area contributed by atoms with Gasteiger partial charge < -0.3 is 14.9 Å². The maximum atomic E-state index is 12.4. The van der Waals surface area contributed by atoms with Crippen LogP contribution in [-0.4, -0.2) is 54.4 Å². The lowest BCUT2D eigenvalue weighted by molar-refractivity contribution is -0.136. The van der Waals surface area contributed by atoms with Crippen LogP contribution in [0, 0.1) is 0 Å². The molecule has 0 amide bonds. The van der Waals surface area contributed by atoms with Crippen LogP contribution < -0.4 is 9.80 Å². The third kappa shape index (κ3) is 4.98. The van der Waals surface area contributed by atoms with E-state index in [0.717, 1.165) is 0 Å². The molecule has 1 rings (SSSR count). The van der Waals surface area contributed by atoms with E-state index in [4.69, 9.17) is 5.11 Å². The number of rotatable bonds is 5. The predicted octanol–water partition coefficient (Wildman–Crippen LogP) is 0.996. The monoisotopic (exact) mass is 278 g/mol. The van der Waals surface area contributed by atoms with Gasteiger partial charge in [0.1, 0.15) is 18.9 Å². The molecule has 0 spiro atoms. The molecule has 1 aromatic heterocycles. The summed E-state index contributed by atoms with van der Waals surface area (Å²) in [4.78, 5) is 20.5. The maximum absolute atomic E-state index is 12.4. The highest BCUT2D eigenvalue weighted by Gasteiger charge is 2.32. The van der Waals surface area contributed by atoms with Gasteiger partial charge in [0.05, 0.1) is 0 Å². The molecule has 106 valence electrons. The number of aromatic nitrogens is 2. The Morgan fingerprint density at radius 3 is 2.53 bits per heavy atom. The Morgan fingerprint density at radius 1 is 1.42 bits per heavy atom. The zero-order valence-electron chi connectivity index (χ0n) is 10.3. The molecule has 0 saturated carbocycles. The molecule has 0 fully saturated rings. The first kappa shape index (κ1) is 15.0. The molecule has 9 heteroatoms. The summed E-state index contributed by atoms with van der Waals surface area (Å²) in [7, 11) is 3.26. The van der Waals surface area contributed by atoms with Gasteiger partial charge in [0.25, 0.3) is 0 Å². The first-order valence-electron chi connectivity index (χ1n) is 5.23. The molecule has 1 N–H and O–H groups in total. The first-order valence-corrected chi connectivity index (χ1v) is 5.23. The fourth-order valence-corrected chi connectivity index (χ4v) is 1.33. The molecule has 6 nitrogen and oxygen atoms in total. The van der Waals surface area contributed by atoms with Gasteiger partial charge in [-0.3, -0.25) is 4.79 Å². The highest BCUT2D eigenvalue weighted by Crippen LogP contribution is 2.21. The van der Waals surface area contributed by atoms with Gasteiger partial charge in [-0.2, -0.15) is 18.2 Å². The fourth-order valence-electron chi connectivity index (χ4n) is 1.33. The molecule has 0 aliphatic heterocycles. The van der Waals surface area contributed by atoms with Crippen molar-refractivity contribution in [1.29, 1.82) is 0 Å². The van der Waals surface area contributed by atoms with E-state index in [1.807, 2.05) is 0 Å². The number of hydrogen-bond donors (Lipinski definition) is 1. The molecule has 0 atom stereocenters. The van der Waals surface area contributed by atoms with E-state index in [0.29, 0.717) is 4.90 Å². The first-order chi connectivity index (χ1) is 8.69. The van der Waals surface area contributed by atoms with Crippen molar-refractivity contribution in [1.82, 2.24) is 9.97 Å². The van der Waals surface area contributed by atoms with Crippen LogP contribution in [0.4, 0.5) is 24.9 Å². The van der Waals surface area contributed by atoms with Gasteiger partial charge in [-0.05, 0) is 6.07 Å². The lowest BCUT2D eigenvalue weighted by Gasteiger charge is -2.23. The van der Waals surface area contributed by atoms with E-state index in [-0.39, 0.29) is 11.8 Å². The minimum atomic E-state index is -4.52. The average Bonchev–Trinajstić information content (AvgIpc) is 2.25. The second kappa shape index (κ2) is 5.72. The van der Waals surface area contributed by atoms with Gasteiger partial charge in [-0.25, -0.2) is 4.98 Å². The average molecular weight is 278 g/mol. The largest absolute Gasteiger partial charge is 0.480 e. The zero-order chi connectivity index (χ0) is 14.6. The number of aliphatic carboxylic acids is 1. The standard InChI is InChI=1S/C10H13F3N4O2/c1-16(2)9-14-4-3-7(15-9)17(5-8(18)19)6-10(11,12)13/h3-4H,5-6H2,1-2H3,(H,18,19). The van der Waals surface area contributed by atoms with Crippen molar-refractivity contribution in [2.24, 2.45) is 0 Å². The van der Waals surface area contributed by atoms with Crippen LogP contribution in [0.25, 0.3) is 0 Å². The normalized spacial score (nSPS) is 11.2. The Labute approximate surface area is 107 Å². The van der Waals surface area contributed by atoms with E-state index < -0.39 is 25.2 Å². The number of halogens is 3. The van der Waals surface area contributed by atoms with Crippen molar-refractivity contribution in [3.8, 4) is 0 Å². The van der Waals surface area contributed by atoms with Gasteiger partial charge in [-0.1, -0.05) is 0 Å². The summed E-state index contributed by atoms with van der Waals surface area (Å²) in [5, 5.41) is 8.66.